The summed E-state index contributed by atoms with van der Waals surface area (Å²) in [5, 5.41) is 2.73. The van der Waals surface area contributed by atoms with E-state index in [-0.39, 0.29) is 17.5 Å². The summed E-state index contributed by atoms with van der Waals surface area (Å²) in [4.78, 5) is 31.2. The van der Waals surface area contributed by atoms with Crippen molar-refractivity contribution in [2.75, 3.05) is 5.32 Å². The van der Waals surface area contributed by atoms with Gasteiger partial charge in [-0.2, -0.15) is 0 Å². The minimum absolute atomic E-state index is 0.179. The van der Waals surface area contributed by atoms with Crippen LogP contribution >= 0.6 is 0 Å². The average molecular weight is 329 g/mol. The molecule has 0 bridgehead atoms. The number of nitrogens with zero attached hydrogens (tertiary/aromatic N) is 1. The second kappa shape index (κ2) is 7.77. The third-order valence-corrected chi connectivity index (χ3v) is 3.65. The molecule has 2 N–H and O–H groups in total. The van der Waals surface area contributed by atoms with Crippen molar-refractivity contribution in [3.63, 3.8) is 0 Å². The SMILES string of the molecule is CCc1ccc(NC(=O)[C@@H](C)OC(=O)c2cnc(C(C)C)[nH]2)cc1. The maximum Gasteiger partial charge on any atom is 0.357 e. The van der Waals surface area contributed by atoms with E-state index in [1.807, 2.05) is 38.1 Å². The molecule has 1 atom stereocenters. The van der Waals surface area contributed by atoms with Gasteiger partial charge in [-0.15, -0.1) is 0 Å². The van der Waals surface area contributed by atoms with E-state index in [0.29, 0.717) is 11.5 Å². The molecule has 2 rings (SSSR count). The van der Waals surface area contributed by atoms with Gasteiger partial charge in [0.15, 0.2) is 6.10 Å². The number of amides is 1. The number of aromatic nitrogens is 2. The summed E-state index contributed by atoms with van der Waals surface area (Å²) in [6, 6.07) is 7.55. The highest BCUT2D eigenvalue weighted by molar-refractivity contribution is 5.96. The molecule has 0 saturated carbocycles. The first-order valence-corrected chi connectivity index (χ1v) is 8.06. The molecule has 1 aromatic carbocycles. The number of H-pyrrole nitrogens is 1. The van der Waals surface area contributed by atoms with E-state index < -0.39 is 12.1 Å². The van der Waals surface area contributed by atoms with Crippen LogP contribution in [0.15, 0.2) is 30.5 Å². The third-order valence-electron chi connectivity index (χ3n) is 3.65. The molecule has 1 heterocycles. The van der Waals surface area contributed by atoms with Gasteiger partial charge in [-0.05, 0) is 31.0 Å². The topological polar surface area (TPSA) is 84.1 Å². The van der Waals surface area contributed by atoms with Gasteiger partial charge in [-0.25, -0.2) is 9.78 Å². The van der Waals surface area contributed by atoms with Gasteiger partial charge in [0.05, 0.1) is 6.20 Å². The summed E-state index contributed by atoms with van der Waals surface area (Å²) in [6.45, 7) is 7.53. The molecule has 128 valence electrons. The molecule has 0 saturated heterocycles. The summed E-state index contributed by atoms with van der Waals surface area (Å²) in [5.74, 6) is -0.0944. The van der Waals surface area contributed by atoms with Crippen molar-refractivity contribution in [2.45, 2.75) is 46.1 Å². The van der Waals surface area contributed by atoms with Gasteiger partial charge in [-0.1, -0.05) is 32.9 Å². The molecule has 0 aliphatic carbocycles. The number of carbonyl (C=O) groups is 2. The van der Waals surface area contributed by atoms with Crippen molar-refractivity contribution >= 4 is 17.6 Å². The predicted octanol–water partition coefficient (Wildman–Crippen LogP) is 3.28. The molecule has 0 aliphatic rings. The molecule has 1 aromatic heterocycles. The minimum atomic E-state index is -0.908. The number of nitrogens with one attached hydrogen (secondary N) is 2. The lowest BCUT2D eigenvalue weighted by molar-refractivity contribution is -0.123. The summed E-state index contributed by atoms with van der Waals surface area (Å²) < 4.78 is 5.19. The fourth-order valence-electron chi connectivity index (χ4n) is 2.08. The van der Waals surface area contributed by atoms with Gasteiger partial charge in [0.1, 0.15) is 11.5 Å². The monoisotopic (exact) mass is 329 g/mol. The Morgan fingerprint density at radius 2 is 1.88 bits per heavy atom. The van der Waals surface area contributed by atoms with Gasteiger partial charge in [0, 0.05) is 11.6 Å². The van der Waals surface area contributed by atoms with E-state index >= 15 is 0 Å². The van der Waals surface area contributed by atoms with E-state index in [1.165, 1.54) is 18.7 Å². The lowest BCUT2D eigenvalue weighted by atomic mass is 10.1. The Morgan fingerprint density at radius 3 is 2.42 bits per heavy atom. The fraction of sp³-hybridized carbons (Fsp3) is 0.389. The van der Waals surface area contributed by atoms with E-state index in [1.54, 1.807) is 0 Å². The van der Waals surface area contributed by atoms with Crippen LogP contribution in [0.1, 0.15) is 55.5 Å². The Bertz CT molecular complexity index is 705. The second-order valence-electron chi connectivity index (χ2n) is 5.92. The number of esters is 1. The highest BCUT2D eigenvalue weighted by Crippen LogP contribution is 2.13. The zero-order chi connectivity index (χ0) is 17.7. The molecular weight excluding hydrogens is 306 g/mol. The predicted molar refractivity (Wildman–Crippen MR) is 92.0 cm³/mol. The van der Waals surface area contributed by atoms with Gasteiger partial charge >= 0.3 is 5.97 Å². The second-order valence-corrected chi connectivity index (χ2v) is 5.92. The number of aryl methyl sites for hydroxylation is 1. The van der Waals surface area contributed by atoms with Crippen molar-refractivity contribution in [3.05, 3.63) is 47.5 Å². The first-order chi connectivity index (χ1) is 11.4. The summed E-state index contributed by atoms with van der Waals surface area (Å²) >= 11 is 0. The van der Waals surface area contributed by atoms with Crippen LogP contribution in [0.4, 0.5) is 5.69 Å². The summed E-state index contributed by atoms with van der Waals surface area (Å²) in [6.07, 6.45) is 1.45. The van der Waals surface area contributed by atoms with Crippen LogP contribution in [-0.4, -0.2) is 27.9 Å². The van der Waals surface area contributed by atoms with Crippen LogP contribution in [0.5, 0.6) is 0 Å². The van der Waals surface area contributed by atoms with E-state index in [2.05, 4.69) is 22.2 Å². The van der Waals surface area contributed by atoms with E-state index in [9.17, 15) is 9.59 Å². The van der Waals surface area contributed by atoms with Crippen molar-refractivity contribution < 1.29 is 14.3 Å². The fourth-order valence-corrected chi connectivity index (χ4v) is 2.08. The molecule has 2 aromatic rings. The largest absolute Gasteiger partial charge is 0.448 e. The Hall–Kier alpha value is -2.63. The quantitative estimate of drug-likeness (QED) is 0.797. The lowest BCUT2D eigenvalue weighted by Crippen LogP contribution is -2.30. The lowest BCUT2D eigenvalue weighted by Gasteiger charge is -2.13. The molecule has 6 nitrogen and oxygen atoms in total. The smallest absolute Gasteiger partial charge is 0.357 e. The molecule has 0 radical (unpaired) electrons. The maximum absolute atomic E-state index is 12.1. The van der Waals surface area contributed by atoms with Crippen LogP contribution in [0, 0.1) is 0 Å². The molecule has 0 unspecified atom stereocenters. The van der Waals surface area contributed by atoms with Crippen molar-refractivity contribution in [2.24, 2.45) is 0 Å². The zero-order valence-corrected chi connectivity index (χ0v) is 14.4. The van der Waals surface area contributed by atoms with Crippen molar-refractivity contribution in [1.29, 1.82) is 0 Å². The average Bonchev–Trinajstić information content (AvgIpc) is 3.06. The summed E-state index contributed by atoms with van der Waals surface area (Å²) in [5.41, 5.74) is 2.10. The van der Waals surface area contributed by atoms with Crippen LogP contribution < -0.4 is 5.32 Å². The number of aromatic amines is 1. The Morgan fingerprint density at radius 1 is 1.21 bits per heavy atom. The van der Waals surface area contributed by atoms with Crippen molar-refractivity contribution in [1.82, 2.24) is 9.97 Å². The minimum Gasteiger partial charge on any atom is -0.448 e. The van der Waals surface area contributed by atoms with E-state index in [4.69, 9.17) is 4.74 Å². The number of benzene rings is 1. The number of anilines is 1. The number of rotatable bonds is 6. The number of hydrogen-bond donors (Lipinski definition) is 2. The maximum atomic E-state index is 12.1. The Balaban J connectivity index is 1.93. The first kappa shape index (κ1) is 17.7. The molecule has 0 spiro atoms. The first-order valence-electron chi connectivity index (χ1n) is 8.06. The molecule has 6 heteroatoms. The Labute approximate surface area is 141 Å². The summed E-state index contributed by atoms with van der Waals surface area (Å²) in [7, 11) is 0. The number of hydrogen-bond acceptors (Lipinski definition) is 4. The zero-order valence-electron chi connectivity index (χ0n) is 14.4. The normalized spacial score (nSPS) is 12.0. The number of ether oxygens (including phenoxy) is 1. The van der Waals surface area contributed by atoms with Crippen LogP contribution in [0.3, 0.4) is 0 Å². The Kier molecular flexibility index (Phi) is 5.73. The number of imidazole rings is 1. The standard InChI is InChI=1S/C18H23N3O3/c1-5-13-6-8-14(9-7-13)20-17(22)12(4)24-18(23)15-10-19-16(21-15)11(2)3/h6-12H,5H2,1-4H3,(H,19,21)(H,20,22)/t12-/m1/s1. The molecular formula is C18H23N3O3. The molecule has 24 heavy (non-hydrogen) atoms. The highest BCUT2D eigenvalue weighted by atomic mass is 16.5. The third kappa shape index (κ3) is 4.44. The van der Waals surface area contributed by atoms with Gasteiger partial charge < -0.3 is 15.0 Å². The molecule has 0 aliphatic heterocycles. The highest BCUT2D eigenvalue weighted by Gasteiger charge is 2.20. The van der Waals surface area contributed by atoms with E-state index in [0.717, 1.165) is 6.42 Å². The number of carbonyl (C=O) groups excluding carboxylic acids is 2. The van der Waals surface area contributed by atoms with Gasteiger partial charge in [-0.3, -0.25) is 4.79 Å². The van der Waals surface area contributed by atoms with Gasteiger partial charge in [0.2, 0.25) is 0 Å². The van der Waals surface area contributed by atoms with Crippen LogP contribution in [0.25, 0.3) is 0 Å². The van der Waals surface area contributed by atoms with Crippen LogP contribution in [-0.2, 0) is 16.0 Å². The van der Waals surface area contributed by atoms with Crippen molar-refractivity contribution in [3.8, 4) is 0 Å². The molecule has 0 fully saturated rings. The van der Waals surface area contributed by atoms with Gasteiger partial charge in [0.25, 0.3) is 5.91 Å². The molecule has 1 amide bonds. The van der Waals surface area contributed by atoms with Crippen LogP contribution in [0.2, 0.25) is 0 Å².